The zero-order valence-corrected chi connectivity index (χ0v) is 10.5. The molecule has 1 N–H and O–H groups in total. The Kier molecular flexibility index (Phi) is 4.13. The van der Waals surface area contributed by atoms with Crippen LogP contribution in [0.2, 0.25) is 0 Å². The van der Waals surface area contributed by atoms with E-state index in [9.17, 15) is 9.18 Å². The smallest absolute Gasteiger partial charge is 0.332 e. The predicted molar refractivity (Wildman–Crippen MR) is 71.2 cm³/mol. The summed E-state index contributed by atoms with van der Waals surface area (Å²) in [7, 11) is 1.34. The maximum atomic E-state index is 12.9. The number of carbonyl (C=O) groups is 1. The second-order valence-corrected chi connectivity index (χ2v) is 4.02. The number of carbonyl (C=O) groups excluding carboxylic acids is 1. The number of anilines is 1. The van der Waals surface area contributed by atoms with E-state index in [0.29, 0.717) is 5.69 Å². The van der Waals surface area contributed by atoms with Crippen LogP contribution in [-0.2, 0) is 9.53 Å². The van der Waals surface area contributed by atoms with Crippen molar-refractivity contribution in [2.75, 3.05) is 12.4 Å². The van der Waals surface area contributed by atoms with Crippen molar-refractivity contribution in [1.82, 2.24) is 0 Å². The number of halogens is 1. The second kappa shape index (κ2) is 6.00. The first kappa shape index (κ1) is 13.1. The quantitative estimate of drug-likeness (QED) is 0.857. The minimum Gasteiger partial charge on any atom is -0.467 e. The minimum absolute atomic E-state index is 0.320. The van der Waals surface area contributed by atoms with Crippen LogP contribution in [0.15, 0.2) is 54.6 Å². The van der Waals surface area contributed by atoms with Gasteiger partial charge in [0.15, 0.2) is 6.04 Å². The molecule has 1 atom stereocenters. The third-order valence-corrected chi connectivity index (χ3v) is 2.73. The molecule has 0 radical (unpaired) electrons. The van der Waals surface area contributed by atoms with Crippen molar-refractivity contribution in [2.45, 2.75) is 6.04 Å². The molecule has 0 aliphatic heterocycles. The van der Waals surface area contributed by atoms with E-state index in [1.165, 1.54) is 19.2 Å². The number of benzene rings is 2. The van der Waals surface area contributed by atoms with Crippen LogP contribution in [0.5, 0.6) is 0 Å². The molecule has 0 aliphatic rings. The summed E-state index contributed by atoms with van der Waals surface area (Å²) in [6.45, 7) is 0. The molecule has 0 bridgehead atoms. The van der Waals surface area contributed by atoms with Gasteiger partial charge in [-0.05, 0) is 29.8 Å². The molecule has 0 aromatic heterocycles. The summed E-state index contributed by atoms with van der Waals surface area (Å²) in [5.41, 5.74) is 1.44. The van der Waals surface area contributed by atoms with E-state index in [4.69, 9.17) is 4.74 Å². The van der Waals surface area contributed by atoms with Gasteiger partial charge in [0.1, 0.15) is 5.82 Å². The number of rotatable bonds is 4. The van der Waals surface area contributed by atoms with E-state index in [2.05, 4.69) is 5.32 Å². The monoisotopic (exact) mass is 259 g/mol. The maximum Gasteiger partial charge on any atom is 0.332 e. The summed E-state index contributed by atoms with van der Waals surface area (Å²) in [6.07, 6.45) is 0. The Balaban J connectivity index is 2.24. The van der Waals surface area contributed by atoms with Gasteiger partial charge in [0.05, 0.1) is 7.11 Å². The highest BCUT2D eigenvalue weighted by Gasteiger charge is 2.20. The fourth-order valence-corrected chi connectivity index (χ4v) is 1.75. The molecular weight excluding hydrogens is 245 g/mol. The Morgan fingerprint density at radius 2 is 1.74 bits per heavy atom. The van der Waals surface area contributed by atoms with Crippen LogP contribution >= 0.6 is 0 Å². The van der Waals surface area contributed by atoms with Gasteiger partial charge in [0.25, 0.3) is 0 Å². The number of methoxy groups -OCH3 is 1. The molecule has 0 spiro atoms. The Morgan fingerprint density at radius 1 is 1.11 bits per heavy atom. The summed E-state index contributed by atoms with van der Waals surface area (Å²) in [4.78, 5) is 11.8. The van der Waals surface area contributed by atoms with Gasteiger partial charge < -0.3 is 10.1 Å². The first-order valence-electron chi connectivity index (χ1n) is 5.85. The fraction of sp³-hybridized carbons (Fsp3) is 0.133. The number of esters is 1. The van der Waals surface area contributed by atoms with Crippen LogP contribution in [-0.4, -0.2) is 13.1 Å². The van der Waals surface area contributed by atoms with Gasteiger partial charge in [-0.2, -0.15) is 0 Å². The molecule has 0 saturated heterocycles. The van der Waals surface area contributed by atoms with E-state index in [1.54, 1.807) is 12.1 Å². The van der Waals surface area contributed by atoms with Gasteiger partial charge in [0.2, 0.25) is 0 Å². The highest BCUT2D eigenvalue weighted by molar-refractivity contribution is 5.81. The second-order valence-electron chi connectivity index (χ2n) is 4.02. The molecule has 2 aromatic rings. The lowest BCUT2D eigenvalue weighted by Gasteiger charge is -2.18. The van der Waals surface area contributed by atoms with Crippen LogP contribution in [0.4, 0.5) is 10.1 Å². The van der Waals surface area contributed by atoms with Crippen molar-refractivity contribution in [3.63, 3.8) is 0 Å². The summed E-state index contributed by atoms with van der Waals surface area (Å²) < 4.78 is 17.6. The molecule has 98 valence electrons. The van der Waals surface area contributed by atoms with Crippen LogP contribution < -0.4 is 5.32 Å². The van der Waals surface area contributed by atoms with Crippen molar-refractivity contribution in [3.05, 3.63) is 66.0 Å². The maximum absolute atomic E-state index is 12.9. The molecule has 0 fully saturated rings. The first-order chi connectivity index (χ1) is 9.20. The third-order valence-electron chi connectivity index (χ3n) is 2.73. The Morgan fingerprint density at radius 3 is 2.32 bits per heavy atom. The van der Waals surface area contributed by atoms with Gasteiger partial charge >= 0.3 is 5.97 Å². The number of ether oxygens (including phenoxy) is 1. The van der Waals surface area contributed by atoms with Gasteiger partial charge in [-0.25, -0.2) is 9.18 Å². The van der Waals surface area contributed by atoms with Crippen LogP contribution in [0.1, 0.15) is 11.6 Å². The SMILES string of the molecule is COC(=O)[C@H](Nc1ccc(F)cc1)c1ccccc1. The lowest BCUT2D eigenvalue weighted by Crippen LogP contribution is -2.22. The van der Waals surface area contributed by atoms with Gasteiger partial charge in [-0.3, -0.25) is 0 Å². The van der Waals surface area contributed by atoms with Crippen LogP contribution in [0.3, 0.4) is 0 Å². The van der Waals surface area contributed by atoms with E-state index in [0.717, 1.165) is 5.56 Å². The average Bonchev–Trinajstić information content (AvgIpc) is 2.47. The molecule has 19 heavy (non-hydrogen) atoms. The molecular formula is C15H14FNO2. The molecule has 4 heteroatoms. The average molecular weight is 259 g/mol. The molecule has 0 heterocycles. The molecule has 3 nitrogen and oxygen atoms in total. The lowest BCUT2D eigenvalue weighted by atomic mass is 10.1. The highest BCUT2D eigenvalue weighted by Crippen LogP contribution is 2.21. The summed E-state index contributed by atoms with van der Waals surface area (Å²) in [5.74, 6) is -0.713. The summed E-state index contributed by atoms with van der Waals surface area (Å²) in [5, 5.41) is 3.03. The molecule has 0 unspecified atom stereocenters. The summed E-state index contributed by atoms with van der Waals surface area (Å²) in [6, 6.07) is 14.4. The Labute approximate surface area is 111 Å². The van der Waals surface area contributed by atoms with Crippen LogP contribution in [0, 0.1) is 5.82 Å². The Bertz CT molecular complexity index is 540. The van der Waals surface area contributed by atoms with Crippen molar-refractivity contribution >= 4 is 11.7 Å². The van der Waals surface area contributed by atoms with Gasteiger partial charge in [-0.1, -0.05) is 30.3 Å². The normalized spacial score (nSPS) is 11.7. The molecule has 2 aromatic carbocycles. The zero-order chi connectivity index (χ0) is 13.7. The van der Waals surface area contributed by atoms with Crippen molar-refractivity contribution < 1.29 is 13.9 Å². The fourth-order valence-electron chi connectivity index (χ4n) is 1.75. The van der Waals surface area contributed by atoms with Gasteiger partial charge in [0, 0.05) is 5.69 Å². The van der Waals surface area contributed by atoms with Crippen LogP contribution in [0.25, 0.3) is 0 Å². The summed E-state index contributed by atoms with van der Waals surface area (Å²) >= 11 is 0. The van der Waals surface area contributed by atoms with E-state index >= 15 is 0 Å². The standard InChI is InChI=1S/C15H14FNO2/c1-19-15(18)14(11-5-3-2-4-6-11)17-13-9-7-12(16)8-10-13/h2-10,14,17H,1H3/t14-/m1/s1. The number of nitrogens with one attached hydrogen (secondary N) is 1. The zero-order valence-electron chi connectivity index (χ0n) is 10.5. The Hall–Kier alpha value is -2.36. The third kappa shape index (κ3) is 3.31. The predicted octanol–water partition coefficient (Wildman–Crippen LogP) is 3.15. The van der Waals surface area contributed by atoms with E-state index in [1.807, 2.05) is 30.3 Å². The first-order valence-corrected chi connectivity index (χ1v) is 5.85. The molecule has 0 aliphatic carbocycles. The molecule has 2 rings (SSSR count). The number of hydrogen-bond acceptors (Lipinski definition) is 3. The van der Waals surface area contributed by atoms with E-state index < -0.39 is 12.0 Å². The lowest BCUT2D eigenvalue weighted by molar-refractivity contribution is -0.141. The van der Waals surface area contributed by atoms with Crippen molar-refractivity contribution in [1.29, 1.82) is 0 Å². The van der Waals surface area contributed by atoms with E-state index in [-0.39, 0.29) is 5.82 Å². The van der Waals surface area contributed by atoms with Crippen molar-refractivity contribution in [3.8, 4) is 0 Å². The number of hydrogen-bond donors (Lipinski definition) is 1. The van der Waals surface area contributed by atoms with Gasteiger partial charge in [-0.15, -0.1) is 0 Å². The van der Waals surface area contributed by atoms with Crippen molar-refractivity contribution in [2.24, 2.45) is 0 Å². The topological polar surface area (TPSA) is 38.3 Å². The highest BCUT2D eigenvalue weighted by atomic mass is 19.1. The molecule has 0 saturated carbocycles. The molecule has 0 amide bonds. The minimum atomic E-state index is -0.614. The largest absolute Gasteiger partial charge is 0.467 e.